The van der Waals surface area contributed by atoms with Crippen LogP contribution < -0.4 is 9.64 Å². The third kappa shape index (κ3) is 6.32. The molecule has 0 unspecified atom stereocenters. The van der Waals surface area contributed by atoms with Crippen LogP contribution in [0.25, 0.3) is 11.0 Å². The predicted octanol–water partition coefficient (Wildman–Crippen LogP) is 5.16. The van der Waals surface area contributed by atoms with Crippen molar-refractivity contribution in [3.63, 3.8) is 0 Å². The summed E-state index contributed by atoms with van der Waals surface area (Å²) >= 11 is 0. The Morgan fingerprint density at radius 2 is 1.76 bits per heavy atom. The fourth-order valence-electron chi connectivity index (χ4n) is 4.58. The smallest absolute Gasteiger partial charge is 0.225 e. The zero-order valence-electron chi connectivity index (χ0n) is 20.0. The number of piperidine rings is 1. The van der Waals surface area contributed by atoms with Crippen molar-refractivity contribution in [2.75, 3.05) is 38.7 Å². The van der Waals surface area contributed by atoms with Crippen molar-refractivity contribution in [1.82, 2.24) is 20.0 Å². The number of aryl methyl sites for hydroxylation is 1. The van der Waals surface area contributed by atoms with Gasteiger partial charge in [0.1, 0.15) is 5.75 Å². The van der Waals surface area contributed by atoms with E-state index in [4.69, 9.17) is 9.26 Å². The fourth-order valence-corrected chi connectivity index (χ4v) is 4.58. The van der Waals surface area contributed by atoms with Gasteiger partial charge in [0.2, 0.25) is 5.95 Å². The van der Waals surface area contributed by atoms with E-state index in [1.165, 1.54) is 25.7 Å². The Morgan fingerprint density at radius 3 is 2.44 bits per heavy atom. The lowest BCUT2D eigenvalue weighted by Crippen LogP contribution is -2.34. The summed E-state index contributed by atoms with van der Waals surface area (Å²) in [5.74, 6) is 3.21. The molecule has 1 saturated heterocycles. The Labute approximate surface area is 214 Å². The number of nitrogens with zero attached hydrogens (tertiary/aromatic N) is 5. The minimum Gasteiger partial charge on any atom is -0.493 e. The number of anilines is 1. The van der Waals surface area contributed by atoms with E-state index in [9.17, 15) is 0 Å². The van der Waals surface area contributed by atoms with Crippen molar-refractivity contribution < 1.29 is 9.26 Å². The van der Waals surface area contributed by atoms with E-state index in [1.54, 1.807) is 0 Å². The van der Waals surface area contributed by atoms with Gasteiger partial charge in [0.05, 0.1) is 17.9 Å². The second kappa shape index (κ2) is 12.0. The van der Waals surface area contributed by atoms with Crippen LogP contribution in [0.2, 0.25) is 0 Å². The van der Waals surface area contributed by atoms with E-state index in [0.717, 1.165) is 78.9 Å². The van der Waals surface area contributed by atoms with Gasteiger partial charge in [-0.3, -0.25) is 0 Å². The molecule has 2 aliphatic rings. The van der Waals surface area contributed by atoms with Crippen LogP contribution in [0.3, 0.4) is 0 Å². The minimum atomic E-state index is 0. The van der Waals surface area contributed by atoms with Crippen LogP contribution in [0, 0.1) is 11.8 Å². The number of hydrogen-bond acceptors (Lipinski definition) is 7. The summed E-state index contributed by atoms with van der Waals surface area (Å²) in [5.41, 5.74) is 3.07. The SMILES string of the molecule is CN(C)Cc1c(OCC2CC2)ccc2c(CCC3CCN(c4ncccn4)CC3)noc12.Cl.Cl. The lowest BCUT2D eigenvalue weighted by molar-refractivity contribution is 0.289. The molecule has 34 heavy (non-hydrogen) atoms. The molecule has 0 radical (unpaired) electrons. The van der Waals surface area contributed by atoms with Crippen molar-refractivity contribution in [2.45, 2.75) is 45.1 Å². The standard InChI is InChI=1S/C25H33N5O2.2ClH/c1-29(2)16-21-23(31-17-19-4-5-19)9-7-20-22(28-32-24(20)21)8-6-18-10-14-30(15-11-18)25-26-12-3-13-27-25;;/h3,7,9,12-13,18-19H,4-6,8,10-11,14-17H2,1-2H3;2*1H. The highest BCUT2D eigenvalue weighted by Gasteiger charge is 2.25. The maximum Gasteiger partial charge on any atom is 0.225 e. The minimum absolute atomic E-state index is 0. The molecule has 2 aromatic heterocycles. The summed E-state index contributed by atoms with van der Waals surface area (Å²) in [4.78, 5) is 13.2. The van der Waals surface area contributed by atoms with E-state index in [-0.39, 0.29) is 24.8 Å². The molecular weight excluding hydrogens is 473 g/mol. The van der Waals surface area contributed by atoms with Gasteiger partial charge in [0, 0.05) is 37.4 Å². The molecule has 0 bridgehead atoms. The molecule has 3 heterocycles. The van der Waals surface area contributed by atoms with Crippen LogP contribution in [0.4, 0.5) is 5.95 Å². The first-order valence-electron chi connectivity index (χ1n) is 11.9. The Kier molecular flexibility index (Phi) is 9.39. The van der Waals surface area contributed by atoms with Gasteiger partial charge in [0.25, 0.3) is 0 Å². The topological polar surface area (TPSA) is 67.5 Å². The average Bonchev–Trinajstić information content (AvgIpc) is 3.55. The van der Waals surface area contributed by atoms with E-state index in [0.29, 0.717) is 5.92 Å². The number of fused-ring (bicyclic) bond motifs is 1. The summed E-state index contributed by atoms with van der Waals surface area (Å²) in [6.45, 7) is 3.62. The highest BCUT2D eigenvalue weighted by molar-refractivity contribution is 5.86. The first-order chi connectivity index (χ1) is 15.7. The van der Waals surface area contributed by atoms with Gasteiger partial charge in [-0.2, -0.15) is 0 Å². The predicted molar refractivity (Wildman–Crippen MR) is 139 cm³/mol. The average molecular weight is 508 g/mol. The van der Waals surface area contributed by atoms with Gasteiger partial charge in [-0.15, -0.1) is 24.8 Å². The Balaban J connectivity index is 0.00000162. The zero-order chi connectivity index (χ0) is 21.9. The third-order valence-electron chi connectivity index (χ3n) is 6.66. The molecule has 5 rings (SSSR count). The monoisotopic (exact) mass is 507 g/mol. The highest BCUT2D eigenvalue weighted by atomic mass is 35.5. The largest absolute Gasteiger partial charge is 0.493 e. The number of ether oxygens (including phenoxy) is 1. The van der Waals surface area contributed by atoms with E-state index >= 15 is 0 Å². The molecule has 7 nitrogen and oxygen atoms in total. The number of rotatable bonds is 9. The summed E-state index contributed by atoms with van der Waals surface area (Å²) in [7, 11) is 4.15. The molecule has 3 aromatic rings. The number of benzene rings is 1. The molecule has 9 heteroatoms. The summed E-state index contributed by atoms with van der Waals surface area (Å²) < 4.78 is 12.0. The van der Waals surface area contributed by atoms with Crippen LogP contribution in [0.15, 0.2) is 35.1 Å². The molecule has 1 aromatic carbocycles. The number of halogens is 2. The molecule has 0 amide bonds. The number of hydrogen-bond donors (Lipinski definition) is 0. The maximum absolute atomic E-state index is 6.15. The first kappa shape index (κ1) is 26.5. The van der Waals surface area contributed by atoms with Crippen LogP contribution in [0.1, 0.15) is 43.4 Å². The van der Waals surface area contributed by atoms with Crippen molar-refractivity contribution >= 4 is 41.7 Å². The van der Waals surface area contributed by atoms with Gasteiger partial charge < -0.3 is 19.1 Å². The second-order valence-corrected chi connectivity index (χ2v) is 9.56. The van der Waals surface area contributed by atoms with Crippen LogP contribution in [-0.4, -0.2) is 53.8 Å². The van der Waals surface area contributed by atoms with Crippen LogP contribution in [-0.2, 0) is 13.0 Å². The fraction of sp³-hybridized carbons (Fsp3) is 0.560. The van der Waals surface area contributed by atoms with E-state index in [1.807, 2.05) is 18.5 Å². The Morgan fingerprint density at radius 1 is 1.03 bits per heavy atom. The van der Waals surface area contributed by atoms with Crippen LogP contribution in [0.5, 0.6) is 5.75 Å². The summed E-state index contributed by atoms with van der Waals surface area (Å²) in [5, 5.41) is 5.61. The Hall–Kier alpha value is -2.09. The van der Waals surface area contributed by atoms with Crippen LogP contribution >= 0.6 is 24.8 Å². The van der Waals surface area contributed by atoms with Gasteiger partial charge in [-0.1, -0.05) is 5.16 Å². The van der Waals surface area contributed by atoms with Crippen molar-refractivity contribution in [1.29, 1.82) is 0 Å². The van der Waals surface area contributed by atoms with E-state index < -0.39 is 0 Å². The van der Waals surface area contributed by atoms with Crippen molar-refractivity contribution in [3.8, 4) is 5.75 Å². The molecule has 0 N–H and O–H groups in total. The maximum atomic E-state index is 6.15. The first-order valence-corrected chi connectivity index (χ1v) is 11.9. The van der Waals surface area contributed by atoms with Gasteiger partial charge in [-0.25, -0.2) is 9.97 Å². The molecule has 1 saturated carbocycles. The highest BCUT2D eigenvalue weighted by Crippen LogP contribution is 2.35. The van der Waals surface area contributed by atoms with Gasteiger partial charge >= 0.3 is 0 Å². The lowest BCUT2D eigenvalue weighted by atomic mass is 9.91. The van der Waals surface area contributed by atoms with E-state index in [2.05, 4.69) is 51.2 Å². The molecule has 0 atom stereocenters. The molecular formula is C25H35Cl2N5O2. The normalized spacial score (nSPS) is 16.4. The lowest BCUT2D eigenvalue weighted by Gasteiger charge is -2.31. The molecule has 1 aliphatic heterocycles. The number of aromatic nitrogens is 3. The summed E-state index contributed by atoms with van der Waals surface area (Å²) in [6.07, 6.45) is 10.6. The Bertz CT molecular complexity index is 1030. The second-order valence-electron chi connectivity index (χ2n) is 9.56. The quantitative estimate of drug-likeness (QED) is 0.396. The zero-order valence-corrected chi connectivity index (χ0v) is 21.6. The van der Waals surface area contributed by atoms with Gasteiger partial charge in [-0.05, 0) is 82.7 Å². The van der Waals surface area contributed by atoms with Crippen molar-refractivity contribution in [2.24, 2.45) is 11.8 Å². The molecule has 0 spiro atoms. The third-order valence-corrected chi connectivity index (χ3v) is 6.66. The molecule has 2 fully saturated rings. The van der Waals surface area contributed by atoms with Gasteiger partial charge in [0.15, 0.2) is 5.58 Å². The summed E-state index contributed by atoms with van der Waals surface area (Å²) in [6, 6.07) is 6.12. The molecule has 186 valence electrons. The van der Waals surface area contributed by atoms with Crippen molar-refractivity contribution in [3.05, 3.63) is 41.9 Å². The molecule has 1 aliphatic carbocycles.